The largest absolute Gasteiger partial charge is 0.452 e. The van der Waals surface area contributed by atoms with Crippen LogP contribution in [0, 0.1) is 11.7 Å². The van der Waals surface area contributed by atoms with E-state index in [1.165, 1.54) is 12.1 Å². The van der Waals surface area contributed by atoms with E-state index in [0.717, 1.165) is 37.1 Å². The number of nitrogens with zero attached hydrogens (tertiary/aromatic N) is 1. The van der Waals surface area contributed by atoms with Crippen molar-refractivity contribution < 1.29 is 27.1 Å². The highest BCUT2D eigenvalue weighted by atomic mass is 35.5. The number of carbonyl (C=O) groups is 2. The van der Waals surface area contributed by atoms with E-state index >= 15 is 0 Å². The monoisotopic (exact) mass is 502 g/mol. The lowest BCUT2D eigenvalue weighted by Gasteiger charge is -2.30. The summed E-state index contributed by atoms with van der Waals surface area (Å²) in [7, 11) is -4.23. The van der Waals surface area contributed by atoms with E-state index in [1.54, 1.807) is 4.90 Å². The van der Waals surface area contributed by atoms with Gasteiger partial charge in [-0.05, 0) is 55.2 Å². The molecule has 0 atom stereocenters. The van der Waals surface area contributed by atoms with Crippen LogP contribution in [0.4, 0.5) is 10.1 Å². The lowest BCUT2D eigenvalue weighted by molar-refractivity contribution is -0.135. The van der Waals surface area contributed by atoms with Crippen LogP contribution in [-0.2, 0) is 19.6 Å². The Morgan fingerprint density at radius 3 is 2.38 bits per heavy atom. The van der Waals surface area contributed by atoms with Gasteiger partial charge in [-0.3, -0.25) is 9.52 Å². The molecule has 11 heteroatoms. The van der Waals surface area contributed by atoms with E-state index in [2.05, 4.69) is 11.6 Å². The van der Waals surface area contributed by atoms with Gasteiger partial charge in [-0.1, -0.05) is 30.1 Å². The Morgan fingerprint density at radius 2 is 1.75 bits per heavy atom. The summed E-state index contributed by atoms with van der Waals surface area (Å²) in [5, 5.41) is -0.348. The standard InChI is InChI=1S/C21H21Cl2FN2O5S/c1-13-6-8-26(9-7-13)20(27)12-31-21(28)16-10-19(18(23)11-17(16)22)32(29,30)25-15-4-2-14(24)3-5-15/h2-5,10-11,13,25H,6-9,12H2,1H3. The molecule has 1 fully saturated rings. The first-order chi connectivity index (χ1) is 15.1. The number of sulfonamides is 1. The average Bonchev–Trinajstić information content (AvgIpc) is 2.73. The molecule has 0 spiro atoms. The highest BCUT2D eigenvalue weighted by molar-refractivity contribution is 7.92. The van der Waals surface area contributed by atoms with Crippen molar-refractivity contribution in [3.8, 4) is 0 Å². The van der Waals surface area contributed by atoms with Crippen LogP contribution < -0.4 is 4.72 Å². The molecule has 0 saturated carbocycles. The third kappa shape index (κ3) is 5.90. The van der Waals surface area contributed by atoms with E-state index < -0.39 is 33.3 Å². The number of amides is 1. The van der Waals surface area contributed by atoms with Gasteiger partial charge in [0, 0.05) is 18.8 Å². The molecule has 172 valence electrons. The van der Waals surface area contributed by atoms with Crippen molar-refractivity contribution in [2.45, 2.75) is 24.7 Å². The first-order valence-electron chi connectivity index (χ1n) is 9.79. The van der Waals surface area contributed by atoms with Crippen LogP contribution in [0.1, 0.15) is 30.1 Å². The molecule has 1 aliphatic heterocycles. The third-order valence-electron chi connectivity index (χ3n) is 5.09. The summed E-state index contributed by atoms with van der Waals surface area (Å²) in [6.07, 6.45) is 1.76. The van der Waals surface area contributed by atoms with Gasteiger partial charge in [0.2, 0.25) is 0 Å². The molecular weight excluding hydrogens is 482 g/mol. The third-order valence-corrected chi connectivity index (χ3v) is 7.25. The first kappa shape index (κ1) is 24.3. The van der Waals surface area contributed by atoms with Crippen molar-refractivity contribution in [2.75, 3.05) is 24.4 Å². The van der Waals surface area contributed by atoms with Gasteiger partial charge in [0.25, 0.3) is 15.9 Å². The lowest BCUT2D eigenvalue weighted by atomic mass is 9.99. The van der Waals surface area contributed by atoms with Crippen molar-refractivity contribution in [1.29, 1.82) is 0 Å². The number of hydrogen-bond donors (Lipinski definition) is 1. The van der Waals surface area contributed by atoms with E-state index in [1.807, 2.05) is 0 Å². The van der Waals surface area contributed by atoms with Crippen LogP contribution in [0.25, 0.3) is 0 Å². The van der Waals surface area contributed by atoms with Crippen molar-refractivity contribution in [2.24, 2.45) is 5.92 Å². The highest BCUT2D eigenvalue weighted by Crippen LogP contribution is 2.30. The number of anilines is 1. The summed E-state index contributed by atoms with van der Waals surface area (Å²) in [6.45, 7) is 2.82. The fourth-order valence-electron chi connectivity index (χ4n) is 3.17. The Balaban J connectivity index is 1.74. The van der Waals surface area contributed by atoms with Crippen molar-refractivity contribution in [3.63, 3.8) is 0 Å². The minimum Gasteiger partial charge on any atom is -0.452 e. The normalized spacial score (nSPS) is 14.8. The maximum atomic E-state index is 13.1. The molecule has 32 heavy (non-hydrogen) atoms. The van der Waals surface area contributed by atoms with Gasteiger partial charge < -0.3 is 9.64 Å². The van der Waals surface area contributed by atoms with Gasteiger partial charge in [-0.15, -0.1) is 0 Å². The van der Waals surface area contributed by atoms with Crippen molar-refractivity contribution in [3.05, 3.63) is 57.8 Å². The van der Waals surface area contributed by atoms with Crippen molar-refractivity contribution in [1.82, 2.24) is 4.90 Å². The van der Waals surface area contributed by atoms with Crippen LogP contribution >= 0.6 is 23.2 Å². The zero-order valence-electron chi connectivity index (χ0n) is 17.1. The quantitative estimate of drug-likeness (QED) is 0.592. The van der Waals surface area contributed by atoms with Crippen LogP contribution in [0.5, 0.6) is 0 Å². The zero-order valence-corrected chi connectivity index (χ0v) is 19.4. The number of benzene rings is 2. The summed E-state index contributed by atoms with van der Waals surface area (Å²) >= 11 is 12.1. The number of likely N-dealkylation sites (tertiary alicyclic amines) is 1. The highest BCUT2D eigenvalue weighted by Gasteiger charge is 2.25. The topological polar surface area (TPSA) is 92.8 Å². The first-order valence-corrected chi connectivity index (χ1v) is 12.0. The Hall–Kier alpha value is -2.36. The second-order valence-corrected chi connectivity index (χ2v) is 9.98. The number of esters is 1. The summed E-state index contributed by atoms with van der Waals surface area (Å²) < 4.78 is 45.9. The number of halogens is 3. The molecule has 0 radical (unpaired) electrons. The fraction of sp³-hybridized carbons (Fsp3) is 0.333. The molecule has 2 aromatic rings. The molecule has 1 N–H and O–H groups in total. The predicted octanol–water partition coefficient (Wildman–Crippen LogP) is 4.35. The number of ether oxygens (including phenoxy) is 1. The Labute approximate surface area is 195 Å². The molecule has 3 rings (SSSR count). The molecule has 2 aromatic carbocycles. The second-order valence-electron chi connectivity index (χ2n) is 7.51. The molecule has 0 aromatic heterocycles. The second kappa shape index (κ2) is 10.1. The van der Waals surface area contributed by atoms with Crippen LogP contribution in [0.2, 0.25) is 10.0 Å². The predicted molar refractivity (Wildman–Crippen MR) is 119 cm³/mol. The molecule has 0 unspecified atom stereocenters. The van der Waals surface area contributed by atoms with E-state index in [4.69, 9.17) is 27.9 Å². The van der Waals surface area contributed by atoms with Crippen LogP contribution in [0.15, 0.2) is 41.3 Å². The Kier molecular flexibility index (Phi) is 7.63. The Morgan fingerprint density at radius 1 is 1.12 bits per heavy atom. The number of rotatable bonds is 6. The lowest BCUT2D eigenvalue weighted by Crippen LogP contribution is -2.40. The maximum Gasteiger partial charge on any atom is 0.340 e. The average molecular weight is 503 g/mol. The minimum atomic E-state index is -4.23. The summed E-state index contributed by atoms with van der Waals surface area (Å²) in [4.78, 5) is 26.0. The minimum absolute atomic E-state index is 0.1000. The SMILES string of the molecule is CC1CCN(C(=O)COC(=O)c2cc(S(=O)(=O)Nc3ccc(F)cc3)c(Cl)cc2Cl)CC1. The zero-order chi connectivity index (χ0) is 23.5. The van der Waals surface area contributed by atoms with E-state index in [-0.39, 0.29) is 27.2 Å². The summed E-state index contributed by atoms with van der Waals surface area (Å²) in [5.74, 6) is -1.28. The van der Waals surface area contributed by atoms with Gasteiger partial charge in [0.1, 0.15) is 10.7 Å². The smallest absolute Gasteiger partial charge is 0.340 e. The summed E-state index contributed by atoms with van der Waals surface area (Å²) in [6, 6.07) is 6.73. The molecule has 7 nitrogen and oxygen atoms in total. The van der Waals surface area contributed by atoms with Gasteiger partial charge in [-0.2, -0.15) is 0 Å². The molecule has 1 amide bonds. The molecule has 0 bridgehead atoms. The number of hydrogen-bond acceptors (Lipinski definition) is 5. The van der Waals surface area contributed by atoms with Gasteiger partial charge in [-0.25, -0.2) is 17.6 Å². The molecule has 1 aliphatic rings. The molecular formula is C21H21Cl2FN2O5S. The summed E-state index contributed by atoms with van der Waals surface area (Å²) in [5.41, 5.74) is -0.154. The van der Waals surface area contributed by atoms with Gasteiger partial charge in [0.05, 0.1) is 15.6 Å². The molecule has 1 saturated heterocycles. The van der Waals surface area contributed by atoms with Gasteiger partial charge in [0.15, 0.2) is 6.61 Å². The van der Waals surface area contributed by atoms with Gasteiger partial charge >= 0.3 is 5.97 Å². The number of carbonyl (C=O) groups excluding carboxylic acids is 2. The Bertz CT molecular complexity index is 1120. The maximum absolute atomic E-state index is 13.1. The van der Waals surface area contributed by atoms with Crippen molar-refractivity contribution >= 4 is 50.8 Å². The van der Waals surface area contributed by atoms with Crippen LogP contribution in [0.3, 0.4) is 0 Å². The van der Waals surface area contributed by atoms with E-state index in [9.17, 15) is 22.4 Å². The van der Waals surface area contributed by atoms with Crippen LogP contribution in [-0.4, -0.2) is 44.9 Å². The molecule has 1 heterocycles. The fourth-order valence-corrected chi connectivity index (χ4v) is 5.08. The van der Waals surface area contributed by atoms with E-state index in [0.29, 0.717) is 19.0 Å². The molecule has 0 aliphatic carbocycles. The number of nitrogens with one attached hydrogen (secondary N) is 1. The number of piperidine rings is 1.